The third-order valence-corrected chi connectivity index (χ3v) is 11.0. The van der Waals surface area contributed by atoms with E-state index in [1.54, 1.807) is 73.6 Å². The molecule has 0 bridgehead atoms. The first-order valence-electron chi connectivity index (χ1n) is 18.8. The molecule has 0 spiro atoms. The van der Waals surface area contributed by atoms with E-state index in [1.807, 2.05) is 30.3 Å². The smallest absolute Gasteiger partial charge is 0.249 e. The molecule has 5 rings (SSSR count). The summed E-state index contributed by atoms with van der Waals surface area (Å²) in [4.78, 5) is 58.0. The second kappa shape index (κ2) is 20.2. The zero-order valence-corrected chi connectivity index (χ0v) is 33.0. The van der Waals surface area contributed by atoms with Crippen LogP contribution >= 0.6 is 11.8 Å². The van der Waals surface area contributed by atoms with Gasteiger partial charge >= 0.3 is 0 Å². The Morgan fingerprint density at radius 1 is 0.873 bits per heavy atom. The lowest BCUT2D eigenvalue weighted by atomic mass is 10.0. The van der Waals surface area contributed by atoms with Gasteiger partial charge in [-0.2, -0.15) is 0 Å². The fraction of sp³-hybridized carbons (Fsp3) is 0.513. The number of benzene rings is 2. The highest BCUT2D eigenvalue weighted by molar-refractivity contribution is 7.99. The molecule has 3 aromatic rings. The first-order chi connectivity index (χ1) is 26.6. The Morgan fingerprint density at radius 2 is 1.55 bits per heavy atom. The molecule has 2 aliphatic rings. The highest BCUT2D eigenvalue weighted by atomic mass is 32.2. The van der Waals surface area contributed by atoms with Gasteiger partial charge in [0, 0.05) is 30.1 Å². The van der Waals surface area contributed by atoms with Crippen LogP contribution in [-0.2, 0) is 30.5 Å². The maximum absolute atomic E-state index is 14.2. The first kappa shape index (κ1) is 41.3. The number of hydrogen-bond acceptors (Lipinski definition) is 11. The molecule has 2 aromatic carbocycles. The van der Waals surface area contributed by atoms with Crippen LogP contribution in [-0.4, -0.2) is 124 Å². The molecule has 55 heavy (non-hydrogen) atoms. The number of aromatic nitrogens is 4. The highest BCUT2D eigenvalue weighted by Crippen LogP contribution is 2.27. The molecule has 2 saturated heterocycles. The summed E-state index contributed by atoms with van der Waals surface area (Å²) in [6.45, 7) is 7.52. The summed E-state index contributed by atoms with van der Waals surface area (Å²) in [6, 6.07) is 14.1. The van der Waals surface area contributed by atoms with Crippen molar-refractivity contribution >= 4 is 35.4 Å². The molecule has 294 valence electrons. The lowest BCUT2D eigenvalue weighted by molar-refractivity contribution is -0.141. The number of carbonyl (C=O) groups is 4. The SMILES string of the molecule is CN[C@@H](C)C(=O)N[C@H](C(=O)N1CCC[C@H]1Cn1nnnc1Sc1ccccc1)[C@@H](C)OCC#Cc1ccc([C@@H](NC(=O)[C@@H](C)NC)C(=O)N2CCCC2)cc1. The Bertz CT molecular complexity index is 1810. The van der Waals surface area contributed by atoms with E-state index in [4.69, 9.17) is 4.74 Å². The number of likely N-dealkylation sites (tertiary alicyclic amines) is 2. The van der Waals surface area contributed by atoms with Crippen LogP contribution in [0.3, 0.4) is 0 Å². The van der Waals surface area contributed by atoms with E-state index in [2.05, 4.69) is 48.6 Å². The number of ether oxygens (including phenoxy) is 1. The highest BCUT2D eigenvalue weighted by Gasteiger charge is 2.38. The molecule has 2 aliphatic heterocycles. The minimum Gasteiger partial charge on any atom is -0.363 e. The van der Waals surface area contributed by atoms with E-state index in [0.717, 1.165) is 30.6 Å². The Balaban J connectivity index is 1.24. The number of hydrogen-bond donors (Lipinski definition) is 4. The summed E-state index contributed by atoms with van der Waals surface area (Å²) < 4.78 is 7.79. The number of amides is 4. The van der Waals surface area contributed by atoms with Crippen LogP contribution in [0.4, 0.5) is 0 Å². The van der Waals surface area contributed by atoms with E-state index in [9.17, 15) is 19.2 Å². The molecular formula is C39H52N10O5S. The van der Waals surface area contributed by atoms with E-state index >= 15 is 0 Å². The molecule has 3 heterocycles. The molecule has 0 radical (unpaired) electrons. The molecular weight excluding hydrogens is 721 g/mol. The van der Waals surface area contributed by atoms with E-state index in [-0.39, 0.29) is 36.3 Å². The predicted molar refractivity (Wildman–Crippen MR) is 208 cm³/mol. The van der Waals surface area contributed by atoms with Crippen LogP contribution in [0.25, 0.3) is 0 Å². The van der Waals surface area contributed by atoms with Crippen LogP contribution in [0.1, 0.15) is 63.6 Å². The number of tetrazole rings is 1. The van der Waals surface area contributed by atoms with E-state index in [0.29, 0.717) is 42.5 Å². The van der Waals surface area contributed by atoms with Gasteiger partial charge in [0.1, 0.15) is 18.7 Å². The van der Waals surface area contributed by atoms with Crippen molar-refractivity contribution < 1.29 is 23.9 Å². The first-order valence-corrected chi connectivity index (χ1v) is 19.6. The van der Waals surface area contributed by atoms with Crippen LogP contribution < -0.4 is 21.3 Å². The van der Waals surface area contributed by atoms with Gasteiger partial charge in [0.2, 0.25) is 28.8 Å². The zero-order chi connectivity index (χ0) is 39.3. The average Bonchev–Trinajstić information content (AvgIpc) is 4.01. The lowest BCUT2D eigenvalue weighted by Crippen LogP contribution is -2.58. The minimum absolute atomic E-state index is 0.00626. The van der Waals surface area contributed by atoms with Gasteiger partial charge < -0.3 is 35.8 Å². The normalized spacial score (nSPS) is 18.1. The molecule has 1 aromatic heterocycles. The largest absolute Gasteiger partial charge is 0.363 e. The quantitative estimate of drug-likeness (QED) is 0.156. The van der Waals surface area contributed by atoms with Crippen molar-refractivity contribution in [2.75, 3.05) is 40.3 Å². The van der Waals surface area contributed by atoms with Crippen molar-refractivity contribution in [3.8, 4) is 11.8 Å². The Morgan fingerprint density at radius 3 is 2.22 bits per heavy atom. The van der Waals surface area contributed by atoms with Crippen molar-refractivity contribution in [1.29, 1.82) is 0 Å². The minimum atomic E-state index is -0.956. The number of likely N-dealkylation sites (N-methyl/N-ethyl adjacent to an activating group) is 2. The lowest BCUT2D eigenvalue weighted by Gasteiger charge is -2.32. The zero-order valence-electron chi connectivity index (χ0n) is 32.2. The van der Waals surface area contributed by atoms with Crippen LogP contribution in [0.2, 0.25) is 0 Å². The van der Waals surface area contributed by atoms with E-state index < -0.39 is 30.3 Å². The maximum Gasteiger partial charge on any atom is 0.249 e. The van der Waals surface area contributed by atoms with Crippen molar-refractivity contribution in [3.63, 3.8) is 0 Å². The summed E-state index contributed by atoms with van der Waals surface area (Å²) in [5, 5.41) is 24.6. The monoisotopic (exact) mass is 772 g/mol. The Hall–Kier alpha value is -4.82. The van der Waals surface area contributed by atoms with Gasteiger partial charge in [-0.25, -0.2) is 4.68 Å². The maximum atomic E-state index is 14.2. The van der Waals surface area contributed by atoms with Crippen molar-refractivity contribution in [3.05, 3.63) is 65.7 Å². The average molecular weight is 773 g/mol. The molecule has 16 heteroatoms. The van der Waals surface area contributed by atoms with Crippen molar-refractivity contribution in [2.24, 2.45) is 0 Å². The summed E-state index contributed by atoms with van der Waals surface area (Å²) in [5.41, 5.74) is 1.36. The topological polar surface area (TPSA) is 176 Å². The molecule has 15 nitrogen and oxygen atoms in total. The summed E-state index contributed by atoms with van der Waals surface area (Å²) in [5.74, 6) is 5.15. The van der Waals surface area contributed by atoms with Crippen LogP contribution in [0, 0.1) is 11.8 Å². The fourth-order valence-corrected chi connectivity index (χ4v) is 7.23. The van der Waals surface area contributed by atoms with Crippen molar-refractivity contribution in [1.82, 2.24) is 51.3 Å². The number of nitrogens with zero attached hydrogens (tertiary/aromatic N) is 6. The van der Waals surface area contributed by atoms with Crippen molar-refractivity contribution in [2.45, 2.75) is 99.4 Å². The van der Waals surface area contributed by atoms with E-state index in [1.165, 1.54) is 11.8 Å². The third-order valence-electron chi connectivity index (χ3n) is 10.0. The number of carbonyl (C=O) groups excluding carboxylic acids is 4. The Labute approximate surface area is 327 Å². The van der Waals surface area contributed by atoms with Gasteiger partial charge in [-0.3, -0.25) is 19.2 Å². The van der Waals surface area contributed by atoms with Gasteiger partial charge in [0.05, 0.1) is 30.8 Å². The molecule has 0 unspecified atom stereocenters. The second-order valence-electron chi connectivity index (χ2n) is 13.8. The third kappa shape index (κ3) is 11.1. The van der Waals surface area contributed by atoms with Crippen LogP contribution in [0.5, 0.6) is 0 Å². The second-order valence-corrected chi connectivity index (χ2v) is 14.8. The number of rotatable bonds is 16. The van der Waals surface area contributed by atoms with Gasteiger partial charge in [-0.05, 0) is 113 Å². The van der Waals surface area contributed by atoms with Gasteiger partial charge in [-0.15, -0.1) is 5.10 Å². The van der Waals surface area contributed by atoms with Gasteiger partial charge in [-0.1, -0.05) is 42.2 Å². The predicted octanol–water partition coefficient (Wildman–Crippen LogP) is 1.75. The summed E-state index contributed by atoms with van der Waals surface area (Å²) in [7, 11) is 3.38. The Kier molecular flexibility index (Phi) is 15.2. The van der Waals surface area contributed by atoms with Crippen LogP contribution in [0.15, 0.2) is 64.6 Å². The molecule has 2 fully saturated rings. The summed E-state index contributed by atoms with van der Waals surface area (Å²) in [6.07, 6.45) is 2.77. The molecule has 6 atom stereocenters. The molecule has 4 N–H and O–H groups in total. The van der Waals surface area contributed by atoms with Gasteiger partial charge in [0.25, 0.3) is 0 Å². The molecule has 0 aliphatic carbocycles. The molecule has 0 saturated carbocycles. The fourth-order valence-electron chi connectivity index (χ4n) is 6.43. The van der Waals surface area contributed by atoms with Gasteiger partial charge in [0.15, 0.2) is 0 Å². The molecule has 4 amide bonds. The standard InChI is InChI=1S/C39H52N10O5S/c1-26(40-4)35(50)42-33(38(53)48-23-11-14-31(48)25-49-39(44-45-46-49)55-32-15-7-6-8-16-32)28(3)54-24-12-13-29-17-19-30(20-18-29)34(43-36(51)27(2)41-5)37(52)47-21-9-10-22-47/h6-8,15-20,26-28,31,33-34,40-41H,9-11,14,21-25H2,1-5H3,(H,42,50)(H,43,51)/t26-,27+,28+,31-,33-,34+/m0/s1. The summed E-state index contributed by atoms with van der Waals surface area (Å²) >= 11 is 1.45. The number of nitrogens with one attached hydrogen (secondary N) is 4.